The van der Waals surface area contributed by atoms with Crippen LogP contribution in [0.4, 0.5) is 5.95 Å². The van der Waals surface area contributed by atoms with Gasteiger partial charge in [-0.3, -0.25) is 4.79 Å². The largest absolute Gasteiger partial charge is 0.351 e. The maximum atomic E-state index is 12.8. The SMILES string of the molecule is CCc1nnc(N2CCN(C(=O)c3cc4ccccc4[nH]3)CC2)nc1CC. The Morgan fingerprint density at radius 3 is 2.48 bits per heavy atom. The minimum absolute atomic E-state index is 0.0421. The number of aromatic nitrogens is 4. The van der Waals surface area contributed by atoms with Crippen molar-refractivity contribution >= 4 is 22.8 Å². The fraction of sp³-hybridized carbons (Fsp3) is 0.400. The highest BCUT2D eigenvalue weighted by atomic mass is 16.2. The monoisotopic (exact) mass is 364 g/mol. The molecule has 0 unspecified atom stereocenters. The lowest BCUT2D eigenvalue weighted by Gasteiger charge is -2.34. The zero-order valence-corrected chi connectivity index (χ0v) is 15.8. The number of nitrogens with zero attached hydrogens (tertiary/aromatic N) is 5. The number of aromatic amines is 1. The van der Waals surface area contributed by atoms with Gasteiger partial charge in [-0.1, -0.05) is 32.0 Å². The number of fused-ring (bicyclic) bond motifs is 1. The molecule has 4 rings (SSSR count). The van der Waals surface area contributed by atoms with Gasteiger partial charge in [-0.25, -0.2) is 4.98 Å². The van der Waals surface area contributed by atoms with Crippen molar-refractivity contribution in [3.63, 3.8) is 0 Å². The summed E-state index contributed by atoms with van der Waals surface area (Å²) in [6.07, 6.45) is 1.70. The van der Waals surface area contributed by atoms with Crippen LogP contribution in [0, 0.1) is 0 Å². The molecule has 3 aromatic rings. The summed E-state index contributed by atoms with van der Waals surface area (Å²) in [4.78, 5) is 24.7. The summed E-state index contributed by atoms with van der Waals surface area (Å²) < 4.78 is 0. The van der Waals surface area contributed by atoms with Gasteiger partial charge in [0, 0.05) is 37.1 Å². The van der Waals surface area contributed by atoms with E-state index in [1.54, 1.807) is 0 Å². The molecular formula is C20H24N6O. The first-order valence-corrected chi connectivity index (χ1v) is 9.54. The van der Waals surface area contributed by atoms with Crippen molar-refractivity contribution in [1.29, 1.82) is 0 Å². The number of carbonyl (C=O) groups is 1. The number of benzene rings is 1. The van der Waals surface area contributed by atoms with E-state index in [1.165, 1.54) is 0 Å². The second-order valence-corrected chi connectivity index (χ2v) is 6.76. The summed E-state index contributed by atoms with van der Waals surface area (Å²) in [5, 5.41) is 9.68. The van der Waals surface area contributed by atoms with Crippen molar-refractivity contribution in [3.05, 3.63) is 47.4 Å². The second kappa shape index (κ2) is 7.34. The summed E-state index contributed by atoms with van der Waals surface area (Å²) in [6, 6.07) is 9.86. The molecule has 1 aliphatic rings. The topological polar surface area (TPSA) is 78.0 Å². The van der Waals surface area contributed by atoms with E-state index in [9.17, 15) is 4.79 Å². The van der Waals surface area contributed by atoms with Crippen LogP contribution >= 0.6 is 0 Å². The number of hydrogen-bond donors (Lipinski definition) is 1. The Bertz CT molecular complexity index is 925. The van der Waals surface area contributed by atoms with E-state index in [0.29, 0.717) is 37.8 Å². The van der Waals surface area contributed by atoms with Gasteiger partial charge in [-0.05, 0) is 25.0 Å². The van der Waals surface area contributed by atoms with E-state index in [-0.39, 0.29) is 5.91 Å². The van der Waals surface area contributed by atoms with Gasteiger partial charge in [0.05, 0.1) is 11.4 Å². The molecule has 1 aliphatic heterocycles. The Morgan fingerprint density at radius 1 is 1.04 bits per heavy atom. The van der Waals surface area contributed by atoms with Gasteiger partial charge in [0.2, 0.25) is 5.95 Å². The third-order valence-electron chi connectivity index (χ3n) is 5.11. The molecule has 0 bridgehead atoms. The minimum Gasteiger partial charge on any atom is -0.351 e. The Labute approximate surface area is 158 Å². The molecule has 0 aliphatic carbocycles. The number of amides is 1. The number of anilines is 1. The van der Waals surface area contributed by atoms with Crippen molar-refractivity contribution in [1.82, 2.24) is 25.1 Å². The van der Waals surface area contributed by atoms with Crippen LogP contribution in [0.5, 0.6) is 0 Å². The molecular weight excluding hydrogens is 340 g/mol. The molecule has 0 spiro atoms. The highest BCUT2D eigenvalue weighted by molar-refractivity contribution is 5.98. The van der Waals surface area contributed by atoms with Crippen LogP contribution in [-0.4, -0.2) is 57.2 Å². The molecule has 0 atom stereocenters. The van der Waals surface area contributed by atoms with Gasteiger partial charge in [-0.15, -0.1) is 5.10 Å². The highest BCUT2D eigenvalue weighted by Crippen LogP contribution is 2.18. The molecule has 1 fully saturated rings. The Balaban J connectivity index is 1.44. The van der Waals surface area contributed by atoms with E-state index >= 15 is 0 Å². The van der Waals surface area contributed by atoms with Crippen molar-refractivity contribution in [2.24, 2.45) is 0 Å². The van der Waals surface area contributed by atoms with Gasteiger partial charge in [0.15, 0.2) is 0 Å². The van der Waals surface area contributed by atoms with Gasteiger partial charge in [-0.2, -0.15) is 5.10 Å². The number of rotatable bonds is 4. The molecule has 1 N–H and O–H groups in total. The highest BCUT2D eigenvalue weighted by Gasteiger charge is 2.25. The third kappa shape index (κ3) is 3.37. The molecule has 7 heteroatoms. The number of nitrogens with one attached hydrogen (secondary N) is 1. The summed E-state index contributed by atoms with van der Waals surface area (Å²) in [6.45, 7) is 6.87. The standard InChI is InChI=1S/C20H24N6O/c1-3-15-16(4-2)23-24-20(22-15)26-11-9-25(10-12-26)19(27)18-13-14-7-5-6-8-17(14)21-18/h5-8,13,21H,3-4,9-12H2,1-2H3. The smallest absolute Gasteiger partial charge is 0.270 e. The predicted octanol–water partition coefficient (Wildman–Crippen LogP) is 2.44. The summed E-state index contributed by atoms with van der Waals surface area (Å²) in [5.41, 5.74) is 3.61. The lowest BCUT2D eigenvalue weighted by molar-refractivity contribution is 0.0741. The molecule has 0 radical (unpaired) electrons. The quantitative estimate of drug-likeness (QED) is 0.769. The third-order valence-corrected chi connectivity index (χ3v) is 5.11. The summed E-state index contributed by atoms with van der Waals surface area (Å²) in [7, 11) is 0. The van der Waals surface area contributed by atoms with Gasteiger partial charge < -0.3 is 14.8 Å². The number of carbonyl (C=O) groups excluding carboxylic acids is 1. The predicted molar refractivity (Wildman–Crippen MR) is 105 cm³/mol. The average Bonchev–Trinajstić information content (AvgIpc) is 3.17. The van der Waals surface area contributed by atoms with Crippen LogP contribution in [0.3, 0.4) is 0 Å². The second-order valence-electron chi connectivity index (χ2n) is 6.76. The molecule has 27 heavy (non-hydrogen) atoms. The maximum Gasteiger partial charge on any atom is 0.270 e. The summed E-state index contributed by atoms with van der Waals surface area (Å²) >= 11 is 0. The Morgan fingerprint density at radius 2 is 1.78 bits per heavy atom. The van der Waals surface area contributed by atoms with Gasteiger partial charge >= 0.3 is 0 Å². The van der Waals surface area contributed by atoms with Crippen molar-refractivity contribution in [2.75, 3.05) is 31.1 Å². The van der Waals surface area contributed by atoms with E-state index in [2.05, 4.69) is 38.9 Å². The minimum atomic E-state index is 0.0421. The fourth-order valence-corrected chi connectivity index (χ4v) is 3.53. The molecule has 1 saturated heterocycles. The van der Waals surface area contributed by atoms with E-state index in [1.807, 2.05) is 35.2 Å². The number of hydrogen-bond acceptors (Lipinski definition) is 5. The first-order valence-electron chi connectivity index (χ1n) is 9.54. The number of para-hydroxylation sites is 1. The van der Waals surface area contributed by atoms with Crippen LogP contribution in [0.25, 0.3) is 10.9 Å². The molecule has 2 aromatic heterocycles. The fourth-order valence-electron chi connectivity index (χ4n) is 3.53. The maximum absolute atomic E-state index is 12.8. The number of aryl methyl sites for hydroxylation is 2. The Hall–Kier alpha value is -2.96. The van der Waals surface area contributed by atoms with E-state index in [0.717, 1.165) is 35.1 Å². The number of piperazine rings is 1. The molecule has 3 heterocycles. The zero-order valence-electron chi connectivity index (χ0n) is 15.8. The van der Waals surface area contributed by atoms with Crippen LogP contribution < -0.4 is 4.90 Å². The molecule has 140 valence electrons. The van der Waals surface area contributed by atoms with Gasteiger partial charge in [0.1, 0.15) is 5.69 Å². The van der Waals surface area contributed by atoms with Crippen molar-refractivity contribution < 1.29 is 4.79 Å². The van der Waals surface area contributed by atoms with Crippen molar-refractivity contribution in [3.8, 4) is 0 Å². The average molecular weight is 364 g/mol. The first-order chi connectivity index (χ1) is 13.2. The summed E-state index contributed by atoms with van der Waals surface area (Å²) in [5.74, 6) is 0.710. The lowest BCUT2D eigenvalue weighted by atomic mass is 10.2. The normalized spacial score (nSPS) is 14.7. The van der Waals surface area contributed by atoms with Crippen LogP contribution in [0.15, 0.2) is 30.3 Å². The van der Waals surface area contributed by atoms with Crippen LogP contribution in [0.1, 0.15) is 35.7 Å². The number of H-pyrrole nitrogens is 1. The first kappa shape index (κ1) is 17.5. The zero-order chi connectivity index (χ0) is 18.8. The lowest BCUT2D eigenvalue weighted by Crippen LogP contribution is -2.49. The van der Waals surface area contributed by atoms with E-state index < -0.39 is 0 Å². The Kier molecular flexibility index (Phi) is 4.75. The molecule has 1 amide bonds. The van der Waals surface area contributed by atoms with Crippen molar-refractivity contribution in [2.45, 2.75) is 26.7 Å². The molecule has 1 aromatic carbocycles. The van der Waals surface area contributed by atoms with Crippen LogP contribution in [0.2, 0.25) is 0 Å². The molecule has 7 nitrogen and oxygen atoms in total. The van der Waals surface area contributed by atoms with Crippen LogP contribution in [-0.2, 0) is 12.8 Å². The van der Waals surface area contributed by atoms with E-state index in [4.69, 9.17) is 0 Å². The van der Waals surface area contributed by atoms with Gasteiger partial charge in [0.25, 0.3) is 5.91 Å². The molecule has 0 saturated carbocycles.